The second-order valence-corrected chi connectivity index (χ2v) is 8.81. The van der Waals surface area contributed by atoms with Crippen molar-refractivity contribution in [2.45, 2.75) is 31.7 Å². The van der Waals surface area contributed by atoms with Crippen molar-refractivity contribution in [3.8, 4) is 0 Å². The smallest absolute Gasteiger partial charge is 0.372 e. The summed E-state index contributed by atoms with van der Waals surface area (Å²) in [6.07, 6.45) is 5.28. The SMILES string of the molecule is C1CCN(CCC[Si]23OCCN(CCO2)CCO3)CC1. The third kappa shape index (κ3) is 4.02. The standard InChI is InChI=1S/C14H28N2O3Si/c1-2-5-15(6-3-1)7-4-14-20-17-11-8-16(9-12-18-20)10-13-19-20/h1-14H2. The minimum atomic E-state index is -2.37. The molecule has 0 N–H and O–H groups in total. The second kappa shape index (κ2) is 7.33. The van der Waals surface area contributed by atoms with Crippen molar-refractivity contribution < 1.29 is 13.3 Å². The van der Waals surface area contributed by atoms with Crippen molar-refractivity contribution in [2.24, 2.45) is 0 Å². The van der Waals surface area contributed by atoms with E-state index in [4.69, 9.17) is 13.3 Å². The molecule has 0 spiro atoms. The van der Waals surface area contributed by atoms with Crippen molar-refractivity contribution in [1.82, 2.24) is 9.80 Å². The fraction of sp³-hybridized carbons (Fsp3) is 1.00. The molecule has 4 saturated heterocycles. The Bertz CT molecular complexity index is 274. The van der Waals surface area contributed by atoms with Gasteiger partial charge in [0.05, 0.1) is 19.8 Å². The maximum absolute atomic E-state index is 6.07. The van der Waals surface area contributed by atoms with E-state index in [1.165, 1.54) is 38.9 Å². The van der Waals surface area contributed by atoms with Gasteiger partial charge in [0.2, 0.25) is 0 Å². The molecule has 0 unspecified atom stereocenters. The Morgan fingerprint density at radius 3 is 1.95 bits per heavy atom. The van der Waals surface area contributed by atoms with Crippen LogP contribution in [0.25, 0.3) is 0 Å². The van der Waals surface area contributed by atoms with Gasteiger partial charge in [-0.2, -0.15) is 0 Å². The number of fused-ring (bicyclic) bond motifs is 6. The normalized spacial score (nSPS) is 36.3. The predicted octanol–water partition coefficient (Wildman–Crippen LogP) is 1.18. The van der Waals surface area contributed by atoms with Crippen molar-refractivity contribution in [1.29, 1.82) is 0 Å². The monoisotopic (exact) mass is 300 g/mol. The fourth-order valence-electron chi connectivity index (χ4n) is 3.37. The summed E-state index contributed by atoms with van der Waals surface area (Å²) in [5.74, 6) is 0. The third-order valence-corrected chi connectivity index (χ3v) is 7.49. The number of nitrogens with zero attached hydrogens (tertiary/aromatic N) is 2. The first-order chi connectivity index (χ1) is 9.86. The van der Waals surface area contributed by atoms with Gasteiger partial charge in [0.25, 0.3) is 0 Å². The highest BCUT2D eigenvalue weighted by molar-refractivity contribution is 6.60. The van der Waals surface area contributed by atoms with E-state index < -0.39 is 8.80 Å². The molecule has 0 aliphatic carbocycles. The maximum Gasteiger partial charge on any atom is 0.501 e. The molecule has 0 aromatic heterocycles. The summed E-state index contributed by atoms with van der Waals surface area (Å²) in [6.45, 7) is 9.14. The van der Waals surface area contributed by atoms with Crippen LogP contribution in [0.1, 0.15) is 25.7 Å². The first-order valence-electron chi connectivity index (χ1n) is 8.23. The lowest BCUT2D eigenvalue weighted by Crippen LogP contribution is -2.55. The predicted molar refractivity (Wildman–Crippen MR) is 79.8 cm³/mol. The van der Waals surface area contributed by atoms with Gasteiger partial charge in [0.1, 0.15) is 0 Å². The molecule has 4 heterocycles. The van der Waals surface area contributed by atoms with Crippen molar-refractivity contribution in [3.63, 3.8) is 0 Å². The lowest BCUT2D eigenvalue weighted by Gasteiger charge is -2.38. The average Bonchev–Trinajstić information content (AvgIpc) is 2.40. The van der Waals surface area contributed by atoms with Gasteiger partial charge in [0.15, 0.2) is 0 Å². The molecule has 0 saturated carbocycles. The lowest BCUT2D eigenvalue weighted by molar-refractivity contribution is -0.00890. The number of rotatable bonds is 4. The van der Waals surface area contributed by atoms with Crippen LogP contribution in [0.3, 0.4) is 0 Å². The van der Waals surface area contributed by atoms with Crippen molar-refractivity contribution >= 4 is 8.80 Å². The quantitative estimate of drug-likeness (QED) is 0.728. The number of likely N-dealkylation sites (tertiary alicyclic amines) is 1. The minimum absolute atomic E-state index is 0.774. The van der Waals surface area contributed by atoms with Gasteiger partial charge in [-0.25, -0.2) is 0 Å². The Kier molecular flexibility index (Phi) is 5.47. The molecule has 4 fully saturated rings. The van der Waals surface area contributed by atoms with Crippen molar-refractivity contribution in [3.05, 3.63) is 0 Å². The van der Waals surface area contributed by atoms with Gasteiger partial charge in [-0.3, -0.25) is 4.90 Å². The molecule has 4 rings (SSSR count). The Balaban J connectivity index is 1.48. The molecule has 0 aromatic rings. The molecule has 4 aliphatic heterocycles. The van der Waals surface area contributed by atoms with Crippen LogP contribution in [0.2, 0.25) is 6.04 Å². The lowest BCUT2D eigenvalue weighted by atomic mass is 10.1. The van der Waals surface area contributed by atoms with E-state index in [9.17, 15) is 0 Å². The molecule has 116 valence electrons. The first-order valence-corrected chi connectivity index (χ1v) is 10.2. The zero-order valence-corrected chi connectivity index (χ0v) is 13.5. The van der Waals surface area contributed by atoms with E-state index in [-0.39, 0.29) is 0 Å². The van der Waals surface area contributed by atoms with Gasteiger partial charge in [-0.05, 0) is 38.9 Å². The third-order valence-electron chi connectivity index (χ3n) is 4.59. The summed E-state index contributed by atoms with van der Waals surface area (Å²) in [7, 11) is -2.37. The van der Waals surface area contributed by atoms with Crippen LogP contribution >= 0.6 is 0 Å². The molecule has 0 atom stereocenters. The first kappa shape index (κ1) is 14.9. The highest BCUT2D eigenvalue weighted by atomic mass is 28.4. The molecule has 6 heteroatoms. The van der Waals surface area contributed by atoms with Crippen LogP contribution in [-0.2, 0) is 13.3 Å². The molecular formula is C14H28N2O3Si. The van der Waals surface area contributed by atoms with E-state index in [0.29, 0.717) is 0 Å². The summed E-state index contributed by atoms with van der Waals surface area (Å²) < 4.78 is 18.2. The van der Waals surface area contributed by atoms with E-state index in [1.807, 2.05) is 0 Å². The topological polar surface area (TPSA) is 34.2 Å². The van der Waals surface area contributed by atoms with Crippen LogP contribution in [0.4, 0.5) is 0 Å². The maximum atomic E-state index is 6.07. The van der Waals surface area contributed by atoms with Crippen molar-refractivity contribution in [2.75, 3.05) is 59.1 Å². The number of hydrogen-bond acceptors (Lipinski definition) is 5. The van der Waals surface area contributed by atoms with Crippen LogP contribution in [-0.4, -0.2) is 77.7 Å². The van der Waals surface area contributed by atoms with E-state index in [2.05, 4.69) is 9.80 Å². The number of hydrogen-bond donors (Lipinski definition) is 0. The largest absolute Gasteiger partial charge is 0.501 e. The van der Waals surface area contributed by atoms with Gasteiger partial charge >= 0.3 is 8.80 Å². The van der Waals surface area contributed by atoms with E-state index >= 15 is 0 Å². The summed E-state index contributed by atoms with van der Waals surface area (Å²) in [4.78, 5) is 4.95. The molecule has 2 bridgehead atoms. The van der Waals surface area contributed by atoms with Gasteiger partial charge in [0, 0.05) is 25.7 Å². The van der Waals surface area contributed by atoms with Crippen LogP contribution in [0.15, 0.2) is 0 Å². The summed E-state index contributed by atoms with van der Waals surface area (Å²) in [5, 5.41) is 0. The highest BCUT2D eigenvalue weighted by Crippen LogP contribution is 2.22. The summed E-state index contributed by atoms with van der Waals surface area (Å²) in [6, 6.07) is 0.990. The second-order valence-electron chi connectivity index (χ2n) is 6.08. The molecule has 0 radical (unpaired) electrons. The Morgan fingerprint density at radius 1 is 0.750 bits per heavy atom. The molecule has 0 amide bonds. The average molecular weight is 300 g/mol. The zero-order valence-electron chi connectivity index (χ0n) is 12.5. The van der Waals surface area contributed by atoms with Crippen LogP contribution in [0.5, 0.6) is 0 Å². The van der Waals surface area contributed by atoms with Gasteiger partial charge in [-0.1, -0.05) is 6.42 Å². The zero-order chi connectivity index (χ0) is 13.7. The summed E-state index contributed by atoms with van der Waals surface area (Å²) >= 11 is 0. The molecule has 4 aliphatic rings. The molecular weight excluding hydrogens is 272 g/mol. The molecule has 5 nitrogen and oxygen atoms in total. The van der Waals surface area contributed by atoms with E-state index in [1.54, 1.807) is 0 Å². The molecule has 20 heavy (non-hydrogen) atoms. The summed E-state index contributed by atoms with van der Waals surface area (Å²) in [5.41, 5.74) is 0. The highest BCUT2D eigenvalue weighted by Gasteiger charge is 2.43. The van der Waals surface area contributed by atoms with Gasteiger partial charge in [-0.15, -0.1) is 0 Å². The fourth-order valence-corrected chi connectivity index (χ4v) is 5.85. The Morgan fingerprint density at radius 2 is 1.35 bits per heavy atom. The van der Waals surface area contributed by atoms with Gasteiger partial charge < -0.3 is 18.2 Å². The number of piperidine rings is 1. The Hall–Kier alpha value is 0.0169. The molecule has 0 aromatic carbocycles. The van der Waals surface area contributed by atoms with E-state index in [0.717, 1.165) is 51.9 Å². The van der Waals surface area contributed by atoms with Crippen LogP contribution < -0.4 is 0 Å². The van der Waals surface area contributed by atoms with Crippen LogP contribution in [0, 0.1) is 0 Å². The Labute approximate surface area is 123 Å². The minimum Gasteiger partial charge on any atom is -0.372 e.